The van der Waals surface area contributed by atoms with Crippen molar-refractivity contribution >= 4 is 23.2 Å². The van der Waals surface area contributed by atoms with Crippen LogP contribution < -0.4 is 14.9 Å². The van der Waals surface area contributed by atoms with Crippen LogP contribution in [0.25, 0.3) is 11.0 Å². The lowest BCUT2D eigenvalue weighted by molar-refractivity contribution is -0.121. The van der Waals surface area contributed by atoms with E-state index in [1.165, 1.54) is 10.9 Å². The standard InChI is InChI=1S/C21H19N5O4/c1-28-15-6-8-16(9-7-15)29-14-18-11-10-17(30-18)12-22-24-21(27)13-26-20-5-3-2-4-19(20)23-25-26/h2-12H,13-14H2,1H3,(H,24,27)/b22-12-. The van der Waals surface area contributed by atoms with E-state index in [2.05, 4.69) is 20.8 Å². The molecule has 4 rings (SSSR count). The number of para-hydroxylation sites is 1. The number of carbonyl (C=O) groups excluding carboxylic acids is 1. The van der Waals surface area contributed by atoms with Crippen LogP contribution in [-0.2, 0) is 17.9 Å². The first-order valence-corrected chi connectivity index (χ1v) is 9.17. The molecule has 0 spiro atoms. The molecule has 0 unspecified atom stereocenters. The summed E-state index contributed by atoms with van der Waals surface area (Å²) in [5.41, 5.74) is 3.96. The third-order valence-corrected chi connectivity index (χ3v) is 4.22. The van der Waals surface area contributed by atoms with Crippen LogP contribution in [0.5, 0.6) is 11.5 Å². The van der Waals surface area contributed by atoms with Crippen LogP contribution in [0.4, 0.5) is 0 Å². The zero-order chi connectivity index (χ0) is 20.8. The summed E-state index contributed by atoms with van der Waals surface area (Å²) in [5.74, 6) is 2.27. The summed E-state index contributed by atoms with van der Waals surface area (Å²) < 4.78 is 17.9. The number of amides is 1. The molecule has 4 aromatic rings. The Morgan fingerprint density at radius 2 is 1.93 bits per heavy atom. The van der Waals surface area contributed by atoms with E-state index in [1.807, 2.05) is 48.5 Å². The van der Waals surface area contributed by atoms with Crippen molar-refractivity contribution in [1.82, 2.24) is 20.4 Å². The van der Waals surface area contributed by atoms with Gasteiger partial charge in [-0.05, 0) is 48.5 Å². The number of nitrogens with zero attached hydrogens (tertiary/aromatic N) is 4. The number of furan rings is 1. The van der Waals surface area contributed by atoms with Gasteiger partial charge < -0.3 is 13.9 Å². The highest BCUT2D eigenvalue weighted by atomic mass is 16.5. The second-order valence-electron chi connectivity index (χ2n) is 6.30. The number of hydrazone groups is 1. The molecule has 30 heavy (non-hydrogen) atoms. The third kappa shape index (κ3) is 4.64. The second kappa shape index (κ2) is 8.91. The smallest absolute Gasteiger partial charge is 0.261 e. The van der Waals surface area contributed by atoms with Gasteiger partial charge in [0.25, 0.3) is 5.91 Å². The number of carbonyl (C=O) groups is 1. The Hall–Kier alpha value is -4.14. The van der Waals surface area contributed by atoms with Crippen LogP contribution in [0.15, 0.2) is 70.2 Å². The zero-order valence-electron chi connectivity index (χ0n) is 16.2. The number of benzene rings is 2. The highest BCUT2D eigenvalue weighted by Gasteiger charge is 2.08. The van der Waals surface area contributed by atoms with Gasteiger partial charge in [0, 0.05) is 0 Å². The maximum absolute atomic E-state index is 12.1. The molecule has 0 bridgehead atoms. The van der Waals surface area contributed by atoms with E-state index < -0.39 is 0 Å². The van der Waals surface area contributed by atoms with Gasteiger partial charge in [-0.15, -0.1) is 5.10 Å². The minimum absolute atomic E-state index is 0.0109. The monoisotopic (exact) mass is 405 g/mol. The Morgan fingerprint density at radius 1 is 1.13 bits per heavy atom. The summed E-state index contributed by atoms with van der Waals surface area (Å²) >= 11 is 0. The van der Waals surface area contributed by atoms with E-state index in [4.69, 9.17) is 13.9 Å². The van der Waals surface area contributed by atoms with E-state index in [-0.39, 0.29) is 19.1 Å². The summed E-state index contributed by atoms with van der Waals surface area (Å²) in [4.78, 5) is 12.1. The van der Waals surface area contributed by atoms with Crippen molar-refractivity contribution in [1.29, 1.82) is 0 Å². The maximum atomic E-state index is 12.1. The first kappa shape index (κ1) is 19.2. The van der Waals surface area contributed by atoms with E-state index in [9.17, 15) is 4.79 Å². The molecule has 0 aliphatic carbocycles. The SMILES string of the molecule is COc1ccc(OCc2ccc(/C=N\NC(=O)Cn3nnc4ccccc43)o2)cc1. The first-order valence-electron chi connectivity index (χ1n) is 9.17. The Labute approximate surface area is 171 Å². The summed E-state index contributed by atoms with van der Waals surface area (Å²) in [7, 11) is 1.61. The summed E-state index contributed by atoms with van der Waals surface area (Å²) in [6, 6.07) is 18.2. The molecular formula is C21H19N5O4. The van der Waals surface area contributed by atoms with Crippen LogP contribution in [0, 0.1) is 0 Å². The van der Waals surface area contributed by atoms with Crippen molar-refractivity contribution in [3.8, 4) is 11.5 Å². The molecule has 9 heteroatoms. The van der Waals surface area contributed by atoms with Crippen molar-refractivity contribution < 1.29 is 18.7 Å². The summed E-state index contributed by atoms with van der Waals surface area (Å²) in [6.07, 6.45) is 1.42. The van der Waals surface area contributed by atoms with Crippen LogP contribution in [-0.4, -0.2) is 34.2 Å². The van der Waals surface area contributed by atoms with Crippen molar-refractivity contribution in [3.63, 3.8) is 0 Å². The largest absolute Gasteiger partial charge is 0.497 e. The molecule has 0 saturated carbocycles. The maximum Gasteiger partial charge on any atom is 0.261 e. The van der Waals surface area contributed by atoms with Gasteiger partial charge in [-0.1, -0.05) is 17.3 Å². The number of aromatic nitrogens is 3. The molecule has 152 valence electrons. The number of rotatable bonds is 8. The molecular weight excluding hydrogens is 386 g/mol. The lowest BCUT2D eigenvalue weighted by atomic mass is 10.3. The van der Waals surface area contributed by atoms with Crippen molar-refractivity contribution in [2.75, 3.05) is 7.11 Å². The molecule has 1 amide bonds. The quantitative estimate of drug-likeness (QED) is 0.357. The highest BCUT2D eigenvalue weighted by molar-refractivity contribution is 5.81. The molecule has 2 aromatic heterocycles. The Bertz CT molecular complexity index is 1160. The molecule has 0 radical (unpaired) electrons. The van der Waals surface area contributed by atoms with Gasteiger partial charge in [-0.3, -0.25) is 4.79 Å². The van der Waals surface area contributed by atoms with Crippen molar-refractivity contribution in [2.45, 2.75) is 13.2 Å². The van der Waals surface area contributed by atoms with E-state index in [0.29, 0.717) is 17.3 Å². The molecule has 1 N–H and O–H groups in total. The second-order valence-corrected chi connectivity index (χ2v) is 6.30. The first-order chi connectivity index (χ1) is 14.7. The lowest BCUT2D eigenvalue weighted by Crippen LogP contribution is -2.23. The lowest BCUT2D eigenvalue weighted by Gasteiger charge is -2.05. The number of hydrogen-bond acceptors (Lipinski definition) is 7. The van der Waals surface area contributed by atoms with Crippen LogP contribution in [0.1, 0.15) is 11.5 Å². The topological polar surface area (TPSA) is 104 Å². The van der Waals surface area contributed by atoms with E-state index in [0.717, 1.165) is 16.8 Å². The van der Waals surface area contributed by atoms with Gasteiger partial charge in [-0.25, -0.2) is 10.1 Å². The Kier molecular flexibility index (Phi) is 5.70. The molecule has 2 heterocycles. The summed E-state index contributed by atoms with van der Waals surface area (Å²) in [5, 5.41) is 11.9. The van der Waals surface area contributed by atoms with Crippen molar-refractivity contribution in [2.24, 2.45) is 5.10 Å². The third-order valence-electron chi connectivity index (χ3n) is 4.22. The number of ether oxygens (including phenoxy) is 2. The van der Waals surface area contributed by atoms with Crippen LogP contribution in [0.3, 0.4) is 0 Å². The zero-order valence-corrected chi connectivity index (χ0v) is 16.2. The number of fused-ring (bicyclic) bond motifs is 1. The fourth-order valence-electron chi connectivity index (χ4n) is 2.74. The van der Waals surface area contributed by atoms with Crippen LogP contribution >= 0.6 is 0 Å². The fraction of sp³-hybridized carbons (Fsp3) is 0.143. The molecule has 0 fully saturated rings. The Balaban J connectivity index is 1.27. The van der Waals surface area contributed by atoms with Gasteiger partial charge in [0.2, 0.25) is 0 Å². The van der Waals surface area contributed by atoms with Gasteiger partial charge in [0.1, 0.15) is 41.7 Å². The van der Waals surface area contributed by atoms with Crippen LogP contribution in [0.2, 0.25) is 0 Å². The Morgan fingerprint density at radius 3 is 2.77 bits per heavy atom. The minimum Gasteiger partial charge on any atom is -0.497 e. The number of methoxy groups -OCH3 is 1. The van der Waals surface area contributed by atoms with E-state index >= 15 is 0 Å². The van der Waals surface area contributed by atoms with Gasteiger partial charge >= 0.3 is 0 Å². The van der Waals surface area contributed by atoms with Gasteiger partial charge in [0.15, 0.2) is 0 Å². The van der Waals surface area contributed by atoms with Gasteiger partial charge in [0.05, 0.1) is 18.8 Å². The number of hydrogen-bond donors (Lipinski definition) is 1. The minimum atomic E-state index is -0.323. The van der Waals surface area contributed by atoms with Gasteiger partial charge in [-0.2, -0.15) is 5.10 Å². The van der Waals surface area contributed by atoms with E-state index in [1.54, 1.807) is 19.2 Å². The normalized spacial score (nSPS) is 11.1. The van der Waals surface area contributed by atoms with Crippen molar-refractivity contribution in [3.05, 3.63) is 72.2 Å². The molecule has 0 aliphatic rings. The molecule has 0 aliphatic heterocycles. The average Bonchev–Trinajstić information content (AvgIpc) is 3.40. The predicted molar refractivity (Wildman–Crippen MR) is 109 cm³/mol. The predicted octanol–water partition coefficient (Wildman–Crippen LogP) is 2.76. The molecule has 9 nitrogen and oxygen atoms in total. The fourth-order valence-corrected chi connectivity index (χ4v) is 2.74. The molecule has 2 aromatic carbocycles. The summed E-state index contributed by atoms with van der Waals surface area (Å²) in [6.45, 7) is 0.281. The molecule has 0 saturated heterocycles. The average molecular weight is 405 g/mol. The molecule has 0 atom stereocenters. The highest BCUT2D eigenvalue weighted by Crippen LogP contribution is 2.18. The number of nitrogens with one attached hydrogen (secondary N) is 1.